The van der Waals surface area contributed by atoms with Crippen molar-refractivity contribution in [2.45, 2.75) is 44.7 Å². The van der Waals surface area contributed by atoms with E-state index in [-0.39, 0.29) is 12.1 Å². The quantitative estimate of drug-likeness (QED) is 0.822. The number of sulfonamides is 1. The van der Waals surface area contributed by atoms with Crippen LogP contribution in [0.25, 0.3) is 0 Å². The lowest BCUT2D eigenvalue weighted by molar-refractivity contribution is 0.0454. The van der Waals surface area contributed by atoms with E-state index in [1.807, 2.05) is 57.2 Å². The molecule has 25 heavy (non-hydrogen) atoms. The maximum atomic E-state index is 13.1. The molecule has 0 fully saturated rings. The Kier molecular flexibility index (Phi) is 4.60. The van der Waals surface area contributed by atoms with Gasteiger partial charge < -0.3 is 4.74 Å². The van der Waals surface area contributed by atoms with Crippen LogP contribution in [0.3, 0.4) is 0 Å². The molecule has 0 aromatic heterocycles. The molecule has 0 amide bonds. The number of allylic oxidation sites excluding steroid dienone is 1. The van der Waals surface area contributed by atoms with Crippen molar-refractivity contribution < 1.29 is 13.2 Å². The van der Waals surface area contributed by atoms with Crippen LogP contribution in [0.4, 0.5) is 0 Å². The lowest BCUT2D eigenvalue weighted by Crippen LogP contribution is -2.42. The van der Waals surface area contributed by atoms with Gasteiger partial charge in [0.2, 0.25) is 0 Å². The van der Waals surface area contributed by atoms with Gasteiger partial charge in [-0.25, -0.2) is 8.42 Å². The Hall–Kier alpha value is -2.27. The fourth-order valence-electron chi connectivity index (χ4n) is 2.98. The molecule has 3 rings (SSSR count). The average molecular weight is 357 g/mol. The Morgan fingerprint density at radius 1 is 0.880 bits per heavy atom. The summed E-state index contributed by atoms with van der Waals surface area (Å²) in [5.41, 5.74) is 3.15. The van der Waals surface area contributed by atoms with Gasteiger partial charge in [-0.05, 0) is 45.4 Å². The first-order valence-corrected chi connectivity index (χ1v) is 9.75. The van der Waals surface area contributed by atoms with Crippen LogP contribution in [-0.2, 0) is 14.8 Å². The molecular weight excluding hydrogens is 334 g/mol. The standard InChI is InChI=1S/C20H23NO3S/c1-14-5-9-18(10-6-14)20-17(4)21(13-16(3)24-20)25(22,23)19-11-7-15(2)8-12-19/h5-13,17,20H,1-4H3/t17-,20-/m1/s1. The Balaban J connectivity index is 1.99. The first-order valence-electron chi connectivity index (χ1n) is 8.31. The van der Waals surface area contributed by atoms with E-state index >= 15 is 0 Å². The summed E-state index contributed by atoms with van der Waals surface area (Å²) in [6.45, 7) is 7.61. The second-order valence-electron chi connectivity index (χ2n) is 6.58. The summed E-state index contributed by atoms with van der Waals surface area (Å²) in [4.78, 5) is 0.290. The minimum atomic E-state index is -3.63. The van der Waals surface area contributed by atoms with Crippen molar-refractivity contribution in [3.05, 3.63) is 77.2 Å². The molecule has 0 saturated carbocycles. The lowest BCUT2D eigenvalue weighted by atomic mass is 10.0. The molecule has 2 atom stereocenters. The van der Waals surface area contributed by atoms with Crippen molar-refractivity contribution in [3.63, 3.8) is 0 Å². The second-order valence-corrected chi connectivity index (χ2v) is 8.42. The van der Waals surface area contributed by atoms with Crippen LogP contribution in [0.5, 0.6) is 0 Å². The molecule has 1 aliphatic rings. The molecule has 4 nitrogen and oxygen atoms in total. The van der Waals surface area contributed by atoms with Gasteiger partial charge in [0.25, 0.3) is 10.0 Å². The van der Waals surface area contributed by atoms with Gasteiger partial charge in [-0.2, -0.15) is 0 Å². The van der Waals surface area contributed by atoms with E-state index < -0.39 is 10.0 Å². The van der Waals surface area contributed by atoms with Gasteiger partial charge >= 0.3 is 0 Å². The number of hydrogen-bond acceptors (Lipinski definition) is 3. The number of benzene rings is 2. The fraction of sp³-hybridized carbons (Fsp3) is 0.300. The summed E-state index contributed by atoms with van der Waals surface area (Å²) in [6.07, 6.45) is 1.23. The minimum absolute atomic E-state index is 0.290. The SMILES string of the molecule is CC1=CN(S(=O)(=O)c2ccc(C)cc2)[C@H](C)[C@H](c2ccc(C)cc2)O1. The number of aryl methyl sites for hydroxylation is 2. The Labute approximate surface area is 149 Å². The molecule has 2 aromatic rings. The fourth-order valence-corrected chi connectivity index (χ4v) is 4.54. The minimum Gasteiger partial charge on any atom is -0.487 e. The topological polar surface area (TPSA) is 46.6 Å². The van der Waals surface area contributed by atoms with Crippen molar-refractivity contribution >= 4 is 10.0 Å². The average Bonchev–Trinajstić information content (AvgIpc) is 2.58. The van der Waals surface area contributed by atoms with Crippen LogP contribution in [0.2, 0.25) is 0 Å². The van der Waals surface area contributed by atoms with Gasteiger partial charge in [-0.3, -0.25) is 4.31 Å². The van der Waals surface area contributed by atoms with Gasteiger partial charge in [0, 0.05) is 0 Å². The zero-order valence-electron chi connectivity index (χ0n) is 14.9. The number of ether oxygens (including phenoxy) is 1. The lowest BCUT2D eigenvalue weighted by Gasteiger charge is -2.38. The molecule has 0 spiro atoms. The third-order valence-corrected chi connectivity index (χ3v) is 6.32. The number of rotatable bonds is 3. The van der Waals surface area contributed by atoms with E-state index in [0.29, 0.717) is 10.7 Å². The molecule has 1 heterocycles. The van der Waals surface area contributed by atoms with Crippen molar-refractivity contribution in [1.29, 1.82) is 0 Å². The molecule has 0 unspecified atom stereocenters. The van der Waals surface area contributed by atoms with Crippen molar-refractivity contribution in [3.8, 4) is 0 Å². The van der Waals surface area contributed by atoms with E-state index in [0.717, 1.165) is 16.7 Å². The smallest absolute Gasteiger partial charge is 0.264 e. The number of nitrogens with zero attached hydrogens (tertiary/aromatic N) is 1. The third kappa shape index (κ3) is 3.42. The predicted molar refractivity (Wildman–Crippen MR) is 98.4 cm³/mol. The first kappa shape index (κ1) is 17.5. The van der Waals surface area contributed by atoms with Crippen LogP contribution in [-0.4, -0.2) is 18.8 Å². The molecule has 132 valence electrons. The van der Waals surface area contributed by atoms with E-state index in [4.69, 9.17) is 4.74 Å². The first-order chi connectivity index (χ1) is 11.8. The highest BCUT2D eigenvalue weighted by molar-refractivity contribution is 7.89. The number of hydrogen-bond donors (Lipinski definition) is 0. The summed E-state index contributed by atoms with van der Waals surface area (Å²) in [5.74, 6) is 0.583. The zero-order valence-corrected chi connectivity index (χ0v) is 15.7. The van der Waals surface area contributed by atoms with Crippen LogP contribution >= 0.6 is 0 Å². The molecule has 0 N–H and O–H groups in total. The monoisotopic (exact) mass is 357 g/mol. The van der Waals surface area contributed by atoms with Gasteiger partial charge in [0.1, 0.15) is 11.9 Å². The van der Waals surface area contributed by atoms with Crippen molar-refractivity contribution in [2.24, 2.45) is 0 Å². The highest BCUT2D eigenvalue weighted by atomic mass is 32.2. The molecule has 1 aliphatic heterocycles. The molecule has 0 saturated heterocycles. The summed E-state index contributed by atoms with van der Waals surface area (Å²) in [7, 11) is -3.63. The molecule has 0 bridgehead atoms. The zero-order chi connectivity index (χ0) is 18.2. The Morgan fingerprint density at radius 2 is 1.40 bits per heavy atom. The summed E-state index contributed by atoms with van der Waals surface area (Å²) >= 11 is 0. The van der Waals surface area contributed by atoms with Crippen LogP contribution in [0.15, 0.2) is 65.4 Å². The highest BCUT2D eigenvalue weighted by Crippen LogP contribution is 2.35. The van der Waals surface area contributed by atoms with Crippen LogP contribution < -0.4 is 0 Å². The normalized spacial score (nSPS) is 20.8. The summed E-state index contributed by atoms with van der Waals surface area (Å²) in [6, 6.07) is 14.6. The maximum absolute atomic E-state index is 13.1. The molecule has 5 heteroatoms. The Morgan fingerprint density at radius 3 is 1.96 bits per heavy atom. The van der Waals surface area contributed by atoms with Gasteiger partial charge in [-0.15, -0.1) is 0 Å². The second kappa shape index (κ2) is 6.56. The van der Waals surface area contributed by atoms with E-state index in [2.05, 4.69) is 0 Å². The summed E-state index contributed by atoms with van der Waals surface area (Å²) in [5, 5.41) is 0. The van der Waals surface area contributed by atoms with Crippen LogP contribution in [0.1, 0.15) is 36.6 Å². The van der Waals surface area contributed by atoms with E-state index in [1.54, 1.807) is 25.3 Å². The van der Waals surface area contributed by atoms with Crippen molar-refractivity contribution in [2.75, 3.05) is 0 Å². The van der Waals surface area contributed by atoms with Crippen molar-refractivity contribution in [1.82, 2.24) is 4.31 Å². The molecule has 2 aromatic carbocycles. The molecule has 0 aliphatic carbocycles. The van der Waals surface area contributed by atoms with Gasteiger partial charge in [0.15, 0.2) is 0 Å². The summed E-state index contributed by atoms with van der Waals surface area (Å²) < 4.78 is 33.6. The Bertz CT molecular complexity index is 884. The van der Waals surface area contributed by atoms with E-state index in [1.165, 1.54) is 4.31 Å². The molecule has 0 radical (unpaired) electrons. The largest absolute Gasteiger partial charge is 0.487 e. The molecular formula is C20H23NO3S. The van der Waals surface area contributed by atoms with Gasteiger partial charge in [0.05, 0.1) is 17.1 Å². The maximum Gasteiger partial charge on any atom is 0.264 e. The van der Waals surface area contributed by atoms with Gasteiger partial charge in [-0.1, -0.05) is 47.5 Å². The third-order valence-electron chi connectivity index (χ3n) is 4.46. The van der Waals surface area contributed by atoms with Crippen LogP contribution in [0, 0.1) is 13.8 Å². The highest BCUT2D eigenvalue weighted by Gasteiger charge is 2.36. The predicted octanol–water partition coefficient (Wildman–Crippen LogP) is 4.32. The van der Waals surface area contributed by atoms with E-state index in [9.17, 15) is 8.42 Å².